The summed E-state index contributed by atoms with van der Waals surface area (Å²) in [4.78, 5) is 22.2. The summed E-state index contributed by atoms with van der Waals surface area (Å²) >= 11 is 0. The predicted octanol–water partition coefficient (Wildman–Crippen LogP) is 3.06. The molecule has 0 aromatic heterocycles. The number of fused-ring (bicyclic) bond motifs is 1. The highest BCUT2D eigenvalue weighted by molar-refractivity contribution is 5.70. The van der Waals surface area contributed by atoms with Crippen LogP contribution in [0.25, 0.3) is 0 Å². The fraction of sp³-hybridized carbons (Fsp3) is 0.300. The molecular formula is C20H20O6. The smallest absolute Gasteiger partial charge is 0.308 e. The van der Waals surface area contributed by atoms with Crippen LogP contribution in [-0.2, 0) is 9.59 Å². The first-order valence-corrected chi connectivity index (χ1v) is 8.28. The lowest BCUT2D eigenvalue weighted by molar-refractivity contribution is -0.132. The molecule has 1 N–H and O–H groups in total. The summed E-state index contributed by atoms with van der Waals surface area (Å²) in [6.45, 7) is 4.75. The first-order valence-electron chi connectivity index (χ1n) is 8.28. The van der Waals surface area contributed by atoms with Gasteiger partial charge in [-0.1, -0.05) is 12.1 Å². The zero-order valence-corrected chi connectivity index (χ0v) is 14.8. The summed E-state index contributed by atoms with van der Waals surface area (Å²) in [5.74, 6) is 0.376. The monoisotopic (exact) mass is 356 g/mol. The number of esters is 2. The van der Waals surface area contributed by atoms with Gasteiger partial charge in [0, 0.05) is 30.9 Å². The molecule has 136 valence electrons. The Morgan fingerprint density at radius 2 is 1.69 bits per heavy atom. The number of hydrogen-bond acceptors (Lipinski definition) is 6. The van der Waals surface area contributed by atoms with E-state index in [4.69, 9.17) is 14.2 Å². The molecule has 0 fully saturated rings. The van der Waals surface area contributed by atoms with E-state index in [1.165, 1.54) is 13.8 Å². The van der Waals surface area contributed by atoms with Gasteiger partial charge in [-0.2, -0.15) is 0 Å². The molecule has 2 aromatic rings. The Hall–Kier alpha value is -2.86. The van der Waals surface area contributed by atoms with Crippen molar-refractivity contribution >= 4 is 11.9 Å². The molecule has 2 atom stereocenters. The first-order chi connectivity index (χ1) is 12.4. The molecule has 3 rings (SSSR count). The zero-order chi connectivity index (χ0) is 18.8. The summed E-state index contributed by atoms with van der Waals surface area (Å²) in [5, 5.41) is 10.8. The summed E-state index contributed by atoms with van der Waals surface area (Å²) in [7, 11) is 0. The highest BCUT2D eigenvalue weighted by atomic mass is 16.5. The van der Waals surface area contributed by atoms with E-state index < -0.39 is 12.1 Å². The first kappa shape index (κ1) is 17.9. The topological polar surface area (TPSA) is 82.1 Å². The van der Waals surface area contributed by atoms with Crippen LogP contribution in [0.1, 0.15) is 42.6 Å². The van der Waals surface area contributed by atoms with Gasteiger partial charge in [-0.15, -0.1) is 0 Å². The third-order valence-electron chi connectivity index (χ3n) is 4.32. The predicted molar refractivity (Wildman–Crippen MR) is 93.4 cm³/mol. The van der Waals surface area contributed by atoms with Crippen molar-refractivity contribution in [3.8, 4) is 17.2 Å². The Kier molecular flexibility index (Phi) is 4.95. The largest absolute Gasteiger partial charge is 0.492 e. The van der Waals surface area contributed by atoms with Gasteiger partial charge in [-0.05, 0) is 36.8 Å². The van der Waals surface area contributed by atoms with Crippen LogP contribution in [0.4, 0.5) is 0 Å². The van der Waals surface area contributed by atoms with Crippen molar-refractivity contribution in [2.75, 3.05) is 6.61 Å². The number of benzene rings is 2. The minimum atomic E-state index is -0.761. The molecule has 2 aromatic carbocycles. The summed E-state index contributed by atoms with van der Waals surface area (Å²) in [5.41, 5.74) is 2.21. The van der Waals surface area contributed by atoms with Crippen molar-refractivity contribution in [1.82, 2.24) is 0 Å². The van der Waals surface area contributed by atoms with E-state index in [0.29, 0.717) is 28.4 Å². The molecule has 0 saturated heterocycles. The fourth-order valence-corrected chi connectivity index (χ4v) is 3.09. The van der Waals surface area contributed by atoms with Crippen LogP contribution < -0.4 is 14.2 Å². The van der Waals surface area contributed by atoms with Gasteiger partial charge in [0.05, 0.1) is 12.7 Å². The van der Waals surface area contributed by atoms with Crippen LogP contribution in [0.5, 0.6) is 17.2 Å². The van der Waals surface area contributed by atoms with E-state index in [9.17, 15) is 14.7 Å². The zero-order valence-electron chi connectivity index (χ0n) is 14.8. The Bertz CT molecular complexity index is 840. The molecule has 0 saturated carbocycles. The number of aliphatic hydroxyl groups is 1. The van der Waals surface area contributed by atoms with Crippen molar-refractivity contribution < 1.29 is 28.9 Å². The molecular weight excluding hydrogens is 336 g/mol. The number of aliphatic hydroxyl groups excluding tert-OH is 1. The number of carbonyl (C=O) groups is 2. The average Bonchev–Trinajstić information content (AvgIpc) is 2.58. The lowest BCUT2D eigenvalue weighted by atomic mass is 9.86. The Labute approximate surface area is 151 Å². The maximum absolute atomic E-state index is 11.2. The van der Waals surface area contributed by atoms with Crippen molar-refractivity contribution in [2.45, 2.75) is 32.8 Å². The molecule has 6 heteroatoms. The van der Waals surface area contributed by atoms with Crippen LogP contribution in [-0.4, -0.2) is 23.7 Å². The molecule has 1 heterocycles. The molecule has 0 aliphatic carbocycles. The van der Waals surface area contributed by atoms with Crippen LogP contribution in [0.3, 0.4) is 0 Å². The van der Waals surface area contributed by atoms with Crippen molar-refractivity contribution in [3.05, 3.63) is 53.1 Å². The van der Waals surface area contributed by atoms with Crippen LogP contribution in [0, 0.1) is 6.92 Å². The average molecular weight is 356 g/mol. The molecule has 0 amide bonds. The summed E-state index contributed by atoms with van der Waals surface area (Å²) in [6.07, 6.45) is -0.761. The van der Waals surface area contributed by atoms with Gasteiger partial charge in [0.25, 0.3) is 0 Å². The van der Waals surface area contributed by atoms with Gasteiger partial charge in [0.1, 0.15) is 17.2 Å². The van der Waals surface area contributed by atoms with E-state index in [1.807, 2.05) is 0 Å². The molecule has 0 unspecified atom stereocenters. The number of carbonyl (C=O) groups excluding carboxylic acids is 2. The highest BCUT2D eigenvalue weighted by Gasteiger charge is 2.32. The molecule has 0 spiro atoms. The SMILES string of the molecule is CC(=O)Oc1ccc([C@H]2COc3c(ccc(OC(C)=O)c3C)[C@H]2O)cc1. The summed E-state index contributed by atoms with van der Waals surface area (Å²) < 4.78 is 16.1. The Morgan fingerprint density at radius 3 is 2.31 bits per heavy atom. The van der Waals surface area contributed by atoms with Crippen LogP contribution in [0.2, 0.25) is 0 Å². The van der Waals surface area contributed by atoms with E-state index in [0.717, 1.165) is 5.56 Å². The highest BCUT2D eigenvalue weighted by Crippen LogP contribution is 2.44. The van der Waals surface area contributed by atoms with Gasteiger partial charge in [0.2, 0.25) is 0 Å². The number of ether oxygens (including phenoxy) is 3. The van der Waals surface area contributed by atoms with Gasteiger partial charge < -0.3 is 19.3 Å². The second-order valence-corrected chi connectivity index (χ2v) is 6.23. The lowest BCUT2D eigenvalue weighted by Crippen LogP contribution is -2.25. The minimum Gasteiger partial charge on any atom is -0.492 e. The van der Waals surface area contributed by atoms with Crippen molar-refractivity contribution in [1.29, 1.82) is 0 Å². The quantitative estimate of drug-likeness (QED) is 0.672. The van der Waals surface area contributed by atoms with E-state index in [1.54, 1.807) is 43.3 Å². The maximum Gasteiger partial charge on any atom is 0.308 e. The van der Waals surface area contributed by atoms with E-state index in [-0.39, 0.29) is 18.5 Å². The van der Waals surface area contributed by atoms with E-state index in [2.05, 4.69) is 0 Å². The third-order valence-corrected chi connectivity index (χ3v) is 4.32. The van der Waals surface area contributed by atoms with Crippen LogP contribution in [0.15, 0.2) is 36.4 Å². The minimum absolute atomic E-state index is 0.257. The second-order valence-electron chi connectivity index (χ2n) is 6.23. The van der Waals surface area contributed by atoms with E-state index >= 15 is 0 Å². The molecule has 1 aliphatic rings. The Morgan fingerprint density at radius 1 is 1.04 bits per heavy atom. The van der Waals surface area contributed by atoms with Crippen molar-refractivity contribution in [3.63, 3.8) is 0 Å². The third kappa shape index (κ3) is 3.55. The molecule has 1 aliphatic heterocycles. The van der Waals surface area contributed by atoms with Gasteiger partial charge >= 0.3 is 11.9 Å². The van der Waals surface area contributed by atoms with Crippen LogP contribution >= 0.6 is 0 Å². The second kappa shape index (κ2) is 7.17. The molecule has 0 radical (unpaired) electrons. The molecule has 0 bridgehead atoms. The normalized spacial score (nSPS) is 18.5. The summed E-state index contributed by atoms with van der Waals surface area (Å²) in [6, 6.07) is 10.4. The standard InChI is InChI=1S/C20H20O6/c1-11-18(26-13(3)22)9-8-16-19(23)17(10-24-20(11)16)14-4-6-15(7-5-14)25-12(2)21/h4-9,17,19,23H,10H2,1-3H3/t17-,19-/m1/s1. The lowest BCUT2D eigenvalue weighted by Gasteiger charge is -2.32. The van der Waals surface area contributed by atoms with Gasteiger partial charge in [-0.25, -0.2) is 0 Å². The fourth-order valence-electron chi connectivity index (χ4n) is 3.09. The van der Waals surface area contributed by atoms with Gasteiger partial charge in [0.15, 0.2) is 0 Å². The van der Waals surface area contributed by atoms with Gasteiger partial charge in [-0.3, -0.25) is 9.59 Å². The molecule has 26 heavy (non-hydrogen) atoms. The number of hydrogen-bond donors (Lipinski definition) is 1. The molecule has 6 nitrogen and oxygen atoms in total. The Balaban J connectivity index is 1.85. The maximum atomic E-state index is 11.2. The van der Waals surface area contributed by atoms with Crippen molar-refractivity contribution in [2.24, 2.45) is 0 Å². The number of rotatable bonds is 3.